The van der Waals surface area contributed by atoms with Gasteiger partial charge < -0.3 is 10.4 Å². The summed E-state index contributed by atoms with van der Waals surface area (Å²) in [7, 11) is 0. The Balaban J connectivity index is 1.59. The molecule has 0 aromatic rings. The van der Waals surface area contributed by atoms with E-state index in [9.17, 15) is 9.59 Å². The van der Waals surface area contributed by atoms with Gasteiger partial charge in [0.2, 0.25) is 5.91 Å². The van der Waals surface area contributed by atoms with E-state index in [4.69, 9.17) is 5.11 Å². The van der Waals surface area contributed by atoms with Crippen LogP contribution in [0.1, 0.15) is 51.4 Å². The Morgan fingerprint density at radius 2 is 1.88 bits per heavy atom. The Bertz CT molecular complexity index is 303. The number of fused-ring (bicyclic) bond motifs is 2. The summed E-state index contributed by atoms with van der Waals surface area (Å²) in [6.45, 7) is 0. The van der Waals surface area contributed by atoms with E-state index >= 15 is 0 Å². The number of amides is 1. The minimum atomic E-state index is -0.779. The molecule has 2 fully saturated rings. The lowest BCUT2D eigenvalue weighted by atomic mass is 9.95. The first-order valence-corrected chi connectivity index (χ1v) is 6.66. The van der Waals surface area contributed by atoms with E-state index in [-0.39, 0.29) is 12.3 Å². The first-order chi connectivity index (χ1) is 8.15. The van der Waals surface area contributed by atoms with Crippen molar-refractivity contribution in [3.05, 3.63) is 0 Å². The third-order valence-electron chi connectivity index (χ3n) is 4.13. The maximum absolute atomic E-state index is 11.7. The normalized spacial score (nSPS) is 30.5. The van der Waals surface area contributed by atoms with E-state index in [1.54, 1.807) is 0 Å². The highest BCUT2D eigenvalue weighted by atomic mass is 16.4. The van der Waals surface area contributed by atoms with Crippen molar-refractivity contribution in [2.75, 3.05) is 0 Å². The summed E-state index contributed by atoms with van der Waals surface area (Å²) in [5, 5.41) is 11.6. The number of aliphatic carboxylic acids is 1. The standard InChI is InChI=1S/C13H21NO3/c15-12(3-1-2-4-13(16)17)14-11-8-9-5-6-10(11)7-9/h9-11H,1-8H2,(H,14,15)(H,16,17). The lowest BCUT2D eigenvalue weighted by molar-refractivity contribution is -0.137. The summed E-state index contributed by atoms with van der Waals surface area (Å²) in [6.07, 6.45) is 6.99. The predicted molar refractivity (Wildman–Crippen MR) is 63.5 cm³/mol. The maximum Gasteiger partial charge on any atom is 0.303 e. The highest BCUT2D eigenvalue weighted by Gasteiger charge is 2.39. The van der Waals surface area contributed by atoms with Crippen molar-refractivity contribution >= 4 is 11.9 Å². The molecule has 17 heavy (non-hydrogen) atoms. The predicted octanol–water partition coefficient (Wildman–Crippen LogP) is 1.94. The number of rotatable bonds is 6. The van der Waals surface area contributed by atoms with Crippen molar-refractivity contribution in [3.63, 3.8) is 0 Å². The summed E-state index contributed by atoms with van der Waals surface area (Å²) in [5.74, 6) is 0.881. The zero-order valence-corrected chi connectivity index (χ0v) is 10.2. The van der Waals surface area contributed by atoms with Crippen LogP contribution in [0.3, 0.4) is 0 Å². The van der Waals surface area contributed by atoms with Crippen molar-refractivity contribution < 1.29 is 14.7 Å². The third kappa shape index (κ3) is 3.45. The molecule has 0 aromatic heterocycles. The fourth-order valence-electron chi connectivity index (χ4n) is 3.26. The zero-order chi connectivity index (χ0) is 12.3. The van der Waals surface area contributed by atoms with Crippen LogP contribution in [0.5, 0.6) is 0 Å². The van der Waals surface area contributed by atoms with Crippen molar-refractivity contribution in [2.24, 2.45) is 11.8 Å². The minimum Gasteiger partial charge on any atom is -0.481 e. The summed E-state index contributed by atoms with van der Waals surface area (Å²) in [4.78, 5) is 22.0. The molecule has 0 saturated heterocycles. The molecule has 3 unspecified atom stereocenters. The zero-order valence-electron chi connectivity index (χ0n) is 10.2. The first-order valence-electron chi connectivity index (χ1n) is 6.66. The molecule has 2 bridgehead atoms. The van der Waals surface area contributed by atoms with Gasteiger partial charge in [0.25, 0.3) is 0 Å². The molecule has 0 aliphatic heterocycles. The average molecular weight is 239 g/mol. The van der Waals surface area contributed by atoms with Gasteiger partial charge in [0.15, 0.2) is 0 Å². The smallest absolute Gasteiger partial charge is 0.303 e. The third-order valence-corrected chi connectivity index (χ3v) is 4.13. The summed E-state index contributed by atoms with van der Waals surface area (Å²) >= 11 is 0. The molecule has 0 spiro atoms. The molecule has 4 nitrogen and oxygen atoms in total. The van der Waals surface area contributed by atoms with Crippen molar-refractivity contribution in [3.8, 4) is 0 Å². The molecule has 2 saturated carbocycles. The molecular weight excluding hydrogens is 218 g/mol. The number of carboxylic acid groups (broad SMARTS) is 1. The van der Waals surface area contributed by atoms with E-state index in [0.717, 1.165) is 12.3 Å². The fourth-order valence-corrected chi connectivity index (χ4v) is 3.26. The number of carboxylic acids is 1. The monoisotopic (exact) mass is 239 g/mol. The molecule has 4 heteroatoms. The number of hydrogen-bond donors (Lipinski definition) is 2. The second kappa shape index (κ2) is 5.52. The van der Waals surface area contributed by atoms with E-state index in [0.29, 0.717) is 31.2 Å². The molecule has 3 atom stereocenters. The quantitative estimate of drug-likeness (QED) is 0.696. The van der Waals surface area contributed by atoms with E-state index in [2.05, 4.69) is 5.32 Å². The molecule has 2 rings (SSSR count). The molecule has 2 aliphatic rings. The summed E-state index contributed by atoms with van der Waals surface area (Å²) in [5.41, 5.74) is 0. The Hall–Kier alpha value is -1.06. The Kier molecular flexibility index (Phi) is 4.02. The summed E-state index contributed by atoms with van der Waals surface area (Å²) in [6, 6.07) is 0.403. The number of nitrogens with one attached hydrogen (secondary N) is 1. The van der Waals surface area contributed by atoms with Gasteiger partial charge in [-0.05, 0) is 43.9 Å². The molecule has 0 radical (unpaired) electrons. The van der Waals surface area contributed by atoms with Crippen molar-refractivity contribution in [1.29, 1.82) is 0 Å². The number of unbranched alkanes of at least 4 members (excludes halogenated alkanes) is 1. The molecule has 2 N–H and O–H groups in total. The van der Waals surface area contributed by atoms with Crippen LogP contribution in [0.4, 0.5) is 0 Å². The SMILES string of the molecule is O=C(O)CCCCC(=O)NC1CC2CCC1C2. The van der Waals surface area contributed by atoms with Gasteiger partial charge in [-0.25, -0.2) is 0 Å². The Labute approximate surface area is 102 Å². The fraction of sp³-hybridized carbons (Fsp3) is 0.846. The number of carbonyl (C=O) groups is 2. The second-order valence-electron chi connectivity index (χ2n) is 5.45. The van der Waals surface area contributed by atoms with Gasteiger partial charge in [-0.2, -0.15) is 0 Å². The first kappa shape index (κ1) is 12.4. The van der Waals surface area contributed by atoms with Gasteiger partial charge >= 0.3 is 5.97 Å². The van der Waals surface area contributed by atoms with Crippen LogP contribution < -0.4 is 5.32 Å². The highest BCUT2D eigenvalue weighted by molar-refractivity contribution is 5.76. The molecule has 0 aromatic carbocycles. The van der Waals surface area contributed by atoms with Crippen LogP contribution in [0.2, 0.25) is 0 Å². The number of carbonyl (C=O) groups excluding carboxylic acids is 1. The van der Waals surface area contributed by atoms with Gasteiger partial charge in [0.05, 0.1) is 0 Å². The van der Waals surface area contributed by atoms with E-state index in [1.165, 1.54) is 19.3 Å². The maximum atomic E-state index is 11.7. The molecule has 2 aliphatic carbocycles. The van der Waals surface area contributed by atoms with E-state index in [1.807, 2.05) is 0 Å². The van der Waals surface area contributed by atoms with Gasteiger partial charge in [0, 0.05) is 18.9 Å². The van der Waals surface area contributed by atoms with E-state index < -0.39 is 5.97 Å². The van der Waals surface area contributed by atoms with Gasteiger partial charge in [0.1, 0.15) is 0 Å². The molecule has 0 heterocycles. The van der Waals surface area contributed by atoms with Crippen LogP contribution in [0.25, 0.3) is 0 Å². The lowest BCUT2D eigenvalue weighted by Gasteiger charge is -2.22. The van der Waals surface area contributed by atoms with Crippen molar-refractivity contribution in [2.45, 2.75) is 57.4 Å². The van der Waals surface area contributed by atoms with Gasteiger partial charge in [-0.1, -0.05) is 6.42 Å². The second-order valence-corrected chi connectivity index (χ2v) is 5.45. The van der Waals surface area contributed by atoms with Crippen LogP contribution in [0.15, 0.2) is 0 Å². The molecule has 96 valence electrons. The van der Waals surface area contributed by atoms with Crippen LogP contribution in [0, 0.1) is 11.8 Å². The number of hydrogen-bond acceptors (Lipinski definition) is 2. The average Bonchev–Trinajstić information content (AvgIpc) is 2.86. The minimum absolute atomic E-state index is 0.105. The lowest BCUT2D eigenvalue weighted by Crippen LogP contribution is -2.38. The van der Waals surface area contributed by atoms with Crippen LogP contribution >= 0.6 is 0 Å². The molecule has 1 amide bonds. The summed E-state index contributed by atoms with van der Waals surface area (Å²) < 4.78 is 0. The topological polar surface area (TPSA) is 66.4 Å². The Morgan fingerprint density at radius 3 is 2.47 bits per heavy atom. The van der Waals surface area contributed by atoms with Gasteiger partial charge in [-0.15, -0.1) is 0 Å². The largest absolute Gasteiger partial charge is 0.481 e. The molecular formula is C13H21NO3. The van der Waals surface area contributed by atoms with Crippen molar-refractivity contribution in [1.82, 2.24) is 5.32 Å². The Morgan fingerprint density at radius 1 is 1.12 bits per heavy atom. The van der Waals surface area contributed by atoms with Gasteiger partial charge in [-0.3, -0.25) is 9.59 Å². The highest BCUT2D eigenvalue weighted by Crippen LogP contribution is 2.44. The van der Waals surface area contributed by atoms with Crippen LogP contribution in [-0.4, -0.2) is 23.0 Å². The van der Waals surface area contributed by atoms with Crippen LogP contribution in [-0.2, 0) is 9.59 Å².